The zero-order valence-corrected chi connectivity index (χ0v) is 11.5. The number of hydrogen-bond donors (Lipinski definition) is 1. The van der Waals surface area contributed by atoms with Gasteiger partial charge in [-0.1, -0.05) is 29.8 Å². The molecule has 0 spiro atoms. The molecule has 1 N–H and O–H groups in total. The molecule has 0 amide bonds. The highest BCUT2D eigenvalue weighted by Gasteiger charge is 2.05. The number of likely N-dealkylation sites (N-methyl/N-ethyl adjacent to an activating group) is 1. The minimum Gasteiger partial charge on any atom is -0.383 e. The lowest BCUT2D eigenvalue weighted by molar-refractivity contribution is 0.623. The predicted octanol–water partition coefficient (Wildman–Crippen LogP) is 4.03. The Kier molecular flexibility index (Phi) is 4.63. The molecular weight excluding hydrogens is 263 g/mol. The lowest BCUT2D eigenvalue weighted by Crippen LogP contribution is -2.25. The van der Waals surface area contributed by atoms with Crippen molar-refractivity contribution >= 4 is 23.0 Å². The van der Waals surface area contributed by atoms with Gasteiger partial charge in [0.15, 0.2) is 0 Å². The van der Waals surface area contributed by atoms with Crippen molar-refractivity contribution in [2.75, 3.05) is 30.4 Å². The molecule has 0 saturated heterocycles. The van der Waals surface area contributed by atoms with E-state index < -0.39 is 0 Å². The molecule has 0 saturated carbocycles. The molecule has 100 valence electrons. The number of anilines is 2. The van der Waals surface area contributed by atoms with E-state index >= 15 is 0 Å². The lowest BCUT2D eigenvalue weighted by Gasteiger charge is -2.20. The van der Waals surface area contributed by atoms with E-state index in [2.05, 4.69) is 5.32 Å². The summed E-state index contributed by atoms with van der Waals surface area (Å²) >= 11 is 5.90. The molecule has 2 aromatic rings. The Balaban J connectivity index is 1.88. The number of nitrogens with zero attached hydrogens (tertiary/aromatic N) is 1. The molecule has 0 bridgehead atoms. The van der Waals surface area contributed by atoms with Crippen LogP contribution >= 0.6 is 11.6 Å². The maximum Gasteiger partial charge on any atom is 0.146 e. The van der Waals surface area contributed by atoms with Crippen molar-refractivity contribution in [1.29, 1.82) is 0 Å². The topological polar surface area (TPSA) is 15.3 Å². The Hall–Kier alpha value is -1.74. The number of nitrogens with one attached hydrogen (secondary N) is 1. The quantitative estimate of drug-likeness (QED) is 0.888. The molecule has 0 aliphatic carbocycles. The van der Waals surface area contributed by atoms with E-state index in [1.54, 1.807) is 12.1 Å². The van der Waals surface area contributed by atoms with E-state index in [0.29, 0.717) is 23.8 Å². The smallest absolute Gasteiger partial charge is 0.146 e. The lowest BCUT2D eigenvalue weighted by atomic mass is 10.3. The third kappa shape index (κ3) is 3.86. The molecule has 4 heteroatoms. The third-order valence-electron chi connectivity index (χ3n) is 2.86. The van der Waals surface area contributed by atoms with Gasteiger partial charge in [-0.15, -0.1) is 0 Å². The van der Waals surface area contributed by atoms with Crippen molar-refractivity contribution < 1.29 is 4.39 Å². The Morgan fingerprint density at radius 2 is 1.95 bits per heavy atom. The largest absolute Gasteiger partial charge is 0.383 e. The molecule has 0 aromatic heterocycles. The Labute approximate surface area is 117 Å². The number of benzene rings is 2. The molecular formula is C15H16ClFN2. The average molecular weight is 279 g/mol. The Morgan fingerprint density at radius 1 is 1.16 bits per heavy atom. The Morgan fingerprint density at radius 3 is 2.68 bits per heavy atom. The molecule has 2 rings (SSSR count). The van der Waals surface area contributed by atoms with Crippen LogP contribution in [-0.2, 0) is 0 Å². The van der Waals surface area contributed by atoms with Gasteiger partial charge in [-0.05, 0) is 30.3 Å². The van der Waals surface area contributed by atoms with Crippen molar-refractivity contribution in [3.05, 3.63) is 59.4 Å². The predicted molar refractivity (Wildman–Crippen MR) is 79.6 cm³/mol. The standard InChI is InChI=1S/C15H16ClFN2/c1-19(15-8-3-2-7-14(15)17)10-9-18-13-6-4-5-12(16)11-13/h2-8,11,18H,9-10H2,1H3. The van der Waals surface area contributed by atoms with Crippen molar-refractivity contribution in [3.8, 4) is 0 Å². The average Bonchev–Trinajstić information content (AvgIpc) is 2.39. The van der Waals surface area contributed by atoms with Crippen molar-refractivity contribution in [2.45, 2.75) is 0 Å². The van der Waals surface area contributed by atoms with Gasteiger partial charge in [-0.3, -0.25) is 0 Å². The fraction of sp³-hybridized carbons (Fsp3) is 0.200. The van der Waals surface area contributed by atoms with E-state index in [1.165, 1.54) is 6.07 Å². The van der Waals surface area contributed by atoms with Gasteiger partial charge in [0.1, 0.15) is 5.82 Å². The zero-order valence-electron chi connectivity index (χ0n) is 10.7. The summed E-state index contributed by atoms with van der Waals surface area (Å²) in [7, 11) is 1.87. The Bertz CT molecular complexity index is 545. The molecule has 2 aromatic carbocycles. The number of halogens is 2. The second-order valence-electron chi connectivity index (χ2n) is 4.31. The zero-order chi connectivity index (χ0) is 13.7. The summed E-state index contributed by atoms with van der Waals surface area (Å²) in [5.74, 6) is -0.201. The minimum absolute atomic E-state index is 0.201. The highest BCUT2D eigenvalue weighted by atomic mass is 35.5. The summed E-state index contributed by atoms with van der Waals surface area (Å²) in [4.78, 5) is 1.88. The molecule has 0 radical (unpaired) electrons. The number of para-hydroxylation sites is 1. The molecule has 0 aliphatic rings. The highest BCUT2D eigenvalue weighted by molar-refractivity contribution is 6.30. The van der Waals surface area contributed by atoms with Crippen LogP contribution in [0.1, 0.15) is 0 Å². The molecule has 0 unspecified atom stereocenters. The van der Waals surface area contributed by atoms with Crippen LogP contribution in [0.4, 0.5) is 15.8 Å². The van der Waals surface area contributed by atoms with Crippen LogP contribution in [0.15, 0.2) is 48.5 Å². The van der Waals surface area contributed by atoms with Gasteiger partial charge in [0.25, 0.3) is 0 Å². The first-order valence-corrected chi connectivity index (χ1v) is 6.50. The van der Waals surface area contributed by atoms with Crippen molar-refractivity contribution in [1.82, 2.24) is 0 Å². The number of hydrogen-bond acceptors (Lipinski definition) is 2. The summed E-state index contributed by atoms with van der Waals surface area (Å²) in [6.45, 7) is 1.42. The van der Waals surface area contributed by atoms with Gasteiger partial charge in [-0.2, -0.15) is 0 Å². The second kappa shape index (κ2) is 6.43. The van der Waals surface area contributed by atoms with Crippen molar-refractivity contribution in [2.24, 2.45) is 0 Å². The van der Waals surface area contributed by atoms with Crippen LogP contribution in [0.3, 0.4) is 0 Å². The highest BCUT2D eigenvalue weighted by Crippen LogP contribution is 2.17. The first-order chi connectivity index (χ1) is 9.16. The van der Waals surface area contributed by atoms with Gasteiger partial charge in [0, 0.05) is 30.8 Å². The first kappa shape index (κ1) is 13.7. The van der Waals surface area contributed by atoms with Crippen LogP contribution in [0, 0.1) is 5.82 Å². The van der Waals surface area contributed by atoms with Crippen LogP contribution in [-0.4, -0.2) is 20.1 Å². The fourth-order valence-corrected chi connectivity index (χ4v) is 2.04. The molecule has 0 fully saturated rings. The van der Waals surface area contributed by atoms with Crippen LogP contribution in [0.25, 0.3) is 0 Å². The summed E-state index contributed by atoms with van der Waals surface area (Å²) in [6, 6.07) is 14.3. The van der Waals surface area contributed by atoms with Crippen molar-refractivity contribution in [3.63, 3.8) is 0 Å². The van der Waals surface area contributed by atoms with Crippen LogP contribution < -0.4 is 10.2 Å². The van der Waals surface area contributed by atoms with Gasteiger partial charge in [0.2, 0.25) is 0 Å². The first-order valence-electron chi connectivity index (χ1n) is 6.12. The molecule has 0 atom stereocenters. The summed E-state index contributed by atoms with van der Waals surface area (Å²) < 4.78 is 13.6. The monoisotopic (exact) mass is 278 g/mol. The molecule has 0 heterocycles. The molecule has 19 heavy (non-hydrogen) atoms. The summed E-state index contributed by atoms with van der Waals surface area (Å²) in [5.41, 5.74) is 1.57. The van der Waals surface area contributed by atoms with E-state index in [1.807, 2.05) is 42.3 Å². The van der Waals surface area contributed by atoms with Gasteiger partial charge >= 0.3 is 0 Å². The number of rotatable bonds is 5. The van der Waals surface area contributed by atoms with E-state index in [9.17, 15) is 4.39 Å². The maximum atomic E-state index is 13.6. The van der Waals surface area contributed by atoms with Crippen LogP contribution in [0.2, 0.25) is 5.02 Å². The molecule has 0 aliphatic heterocycles. The maximum absolute atomic E-state index is 13.6. The third-order valence-corrected chi connectivity index (χ3v) is 3.10. The normalized spacial score (nSPS) is 10.3. The van der Waals surface area contributed by atoms with E-state index in [0.717, 1.165) is 5.69 Å². The van der Waals surface area contributed by atoms with E-state index in [4.69, 9.17) is 11.6 Å². The SMILES string of the molecule is CN(CCNc1cccc(Cl)c1)c1ccccc1F. The van der Waals surface area contributed by atoms with Gasteiger partial charge in [0.05, 0.1) is 5.69 Å². The van der Waals surface area contributed by atoms with Crippen LogP contribution in [0.5, 0.6) is 0 Å². The fourth-order valence-electron chi connectivity index (χ4n) is 1.85. The van der Waals surface area contributed by atoms with Gasteiger partial charge < -0.3 is 10.2 Å². The summed E-state index contributed by atoms with van der Waals surface area (Å²) in [6.07, 6.45) is 0. The second-order valence-corrected chi connectivity index (χ2v) is 4.75. The van der Waals surface area contributed by atoms with Gasteiger partial charge in [-0.25, -0.2) is 4.39 Å². The molecule has 2 nitrogen and oxygen atoms in total. The minimum atomic E-state index is -0.201. The van der Waals surface area contributed by atoms with E-state index in [-0.39, 0.29) is 5.82 Å². The summed E-state index contributed by atoms with van der Waals surface area (Å²) in [5, 5.41) is 3.96.